The first-order valence-corrected chi connectivity index (χ1v) is 9.52. The number of para-hydroxylation sites is 1. The van der Waals surface area contributed by atoms with Crippen LogP contribution >= 0.6 is 12.6 Å². The van der Waals surface area contributed by atoms with Gasteiger partial charge in [-0.2, -0.15) is 12.6 Å². The summed E-state index contributed by atoms with van der Waals surface area (Å²) in [6.45, 7) is 0. The zero-order chi connectivity index (χ0) is 19.9. The maximum atomic E-state index is 13.6. The van der Waals surface area contributed by atoms with Gasteiger partial charge in [-0.1, -0.05) is 66.7 Å². The summed E-state index contributed by atoms with van der Waals surface area (Å²) < 4.78 is 4.92. The van der Waals surface area contributed by atoms with Crippen molar-refractivity contribution in [1.82, 2.24) is 0 Å². The Bertz CT molecular complexity index is 944. The Morgan fingerprint density at radius 2 is 1.46 bits per heavy atom. The molecule has 0 fully saturated rings. The first kappa shape index (κ1) is 19.7. The van der Waals surface area contributed by atoms with Crippen molar-refractivity contribution in [2.75, 3.05) is 17.8 Å². The molecule has 5 heteroatoms. The van der Waals surface area contributed by atoms with E-state index in [1.807, 2.05) is 66.7 Å². The van der Waals surface area contributed by atoms with Crippen LogP contribution in [0.4, 0.5) is 5.69 Å². The second kappa shape index (κ2) is 9.24. The van der Waals surface area contributed by atoms with Gasteiger partial charge in [0.1, 0.15) is 6.04 Å². The lowest BCUT2D eigenvalue weighted by Crippen LogP contribution is -2.47. The van der Waals surface area contributed by atoms with Gasteiger partial charge in [-0.25, -0.2) is 4.79 Å². The van der Waals surface area contributed by atoms with E-state index in [2.05, 4.69) is 12.6 Å². The zero-order valence-corrected chi connectivity index (χ0v) is 16.4. The van der Waals surface area contributed by atoms with Crippen LogP contribution in [0.3, 0.4) is 0 Å². The normalized spacial score (nSPS) is 11.5. The Morgan fingerprint density at radius 3 is 2.07 bits per heavy atom. The van der Waals surface area contributed by atoms with Crippen LogP contribution in [-0.2, 0) is 9.53 Å². The predicted molar refractivity (Wildman–Crippen MR) is 115 cm³/mol. The van der Waals surface area contributed by atoms with E-state index in [-0.39, 0.29) is 11.7 Å². The van der Waals surface area contributed by atoms with E-state index in [1.165, 1.54) is 12.0 Å². The summed E-state index contributed by atoms with van der Waals surface area (Å²) >= 11 is 4.31. The number of thiol groups is 1. The SMILES string of the molecule is COC(=O)[C@@H](CS)N(C(=O)c1ccccc1-c1ccccc1)c1ccccc1. The number of hydrogen-bond acceptors (Lipinski definition) is 4. The summed E-state index contributed by atoms with van der Waals surface area (Å²) in [5.74, 6) is -0.652. The van der Waals surface area contributed by atoms with Crippen LogP contribution in [-0.4, -0.2) is 30.8 Å². The van der Waals surface area contributed by atoms with Gasteiger partial charge < -0.3 is 4.74 Å². The van der Waals surface area contributed by atoms with Crippen LogP contribution in [0.15, 0.2) is 84.9 Å². The number of hydrogen-bond donors (Lipinski definition) is 1. The molecule has 0 aliphatic heterocycles. The number of rotatable bonds is 6. The van der Waals surface area contributed by atoms with Crippen LogP contribution in [0.25, 0.3) is 11.1 Å². The van der Waals surface area contributed by atoms with E-state index in [1.54, 1.807) is 18.2 Å². The van der Waals surface area contributed by atoms with Crippen LogP contribution in [0.2, 0.25) is 0 Å². The van der Waals surface area contributed by atoms with Gasteiger partial charge in [0.25, 0.3) is 5.91 Å². The van der Waals surface area contributed by atoms with E-state index in [9.17, 15) is 9.59 Å². The highest BCUT2D eigenvalue weighted by Crippen LogP contribution is 2.28. The Hall–Kier alpha value is -3.05. The van der Waals surface area contributed by atoms with Crippen molar-refractivity contribution < 1.29 is 14.3 Å². The summed E-state index contributed by atoms with van der Waals surface area (Å²) in [4.78, 5) is 27.5. The van der Waals surface area contributed by atoms with E-state index in [4.69, 9.17) is 4.74 Å². The summed E-state index contributed by atoms with van der Waals surface area (Å²) in [5, 5.41) is 0. The topological polar surface area (TPSA) is 46.6 Å². The number of methoxy groups -OCH3 is 1. The highest BCUT2D eigenvalue weighted by molar-refractivity contribution is 7.80. The van der Waals surface area contributed by atoms with Gasteiger partial charge in [-0.3, -0.25) is 9.69 Å². The highest BCUT2D eigenvalue weighted by Gasteiger charge is 2.32. The molecule has 4 nitrogen and oxygen atoms in total. The Kier molecular flexibility index (Phi) is 6.50. The lowest BCUT2D eigenvalue weighted by molar-refractivity contribution is -0.141. The molecule has 3 aromatic rings. The molecule has 0 unspecified atom stereocenters. The van der Waals surface area contributed by atoms with Crippen LogP contribution < -0.4 is 4.90 Å². The minimum Gasteiger partial charge on any atom is -0.467 e. The monoisotopic (exact) mass is 391 g/mol. The number of amides is 1. The molecule has 0 saturated heterocycles. The van der Waals surface area contributed by atoms with Crippen molar-refractivity contribution in [3.8, 4) is 11.1 Å². The largest absolute Gasteiger partial charge is 0.467 e. The second-order valence-electron chi connectivity index (χ2n) is 6.14. The molecule has 0 aliphatic rings. The first-order chi connectivity index (χ1) is 13.7. The van der Waals surface area contributed by atoms with Gasteiger partial charge in [0.05, 0.1) is 7.11 Å². The molecule has 0 radical (unpaired) electrons. The van der Waals surface area contributed by atoms with Crippen LogP contribution in [0.5, 0.6) is 0 Å². The summed E-state index contributed by atoms with van der Waals surface area (Å²) in [6.07, 6.45) is 0. The van der Waals surface area contributed by atoms with Crippen molar-refractivity contribution in [3.63, 3.8) is 0 Å². The van der Waals surface area contributed by atoms with Gasteiger partial charge in [-0.05, 0) is 29.3 Å². The number of carbonyl (C=O) groups is 2. The van der Waals surface area contributed by atoms with Crippen molar-refractivity contribution in [3.05, 3.63) is 90.5 Å². The standard InChI is InChI=1S/C23H21NO3S/c1-27-23(26)21(16-28)24(18-12-6-3-7-13-18)22(25)20-15-9-8-14-19(20)17-10-4-2-5-11-17/h2-15,21,28H,16H2,1H3/t21-/m1/s1. The summed E-state index contributed by atoms with van der Waals surface area (Å²) in [5.41, 5.74) is 2.85. The van der Waals surface area contributed by atoms with E-state index >= 15 is 0 Å². The molecule has 142 valence electrons. The average Bonchev–Trinajstić information content (AvgIpc) is 2.77. The fourth-order valence-corrected chi connectivity index (χ4v) is 3.41. The minimum absolute atomic E-state index is 0.140. The number of ether oxygens (including phenoxy) is 1. The fourth-order valence-electron chi connectivity index (χ4n) is 3.09. The smallest absolute Gasteiger partial charge is 0.329 e. The molecule has 3 aromatic carbocycles. The van der Waals surface area contributed by atoms with Crippen molar-refractivity contribution in [2.45, 2.75) is 6.04 Å². The molecule has 28 heavy (non-hydrogen) atoms. The van der Waals surface area contributed by atoms with Gasteiger partial charge in [0, 0.05) is 17.0 Å². The quantitative estimate of drug-likeness (QED) is 0.498. The third-order valence-corrected chi connectivity index (χ3v) is 4.80. The summed E-state index contributed by atoms with van der Waals surface area (Å²) in [6, 6.07) is 25.3. The van der Waals surface area contributed by atoms with Crippen LogP contribution in [0, 0.1) is 0 Å². The fraction of sp³-hybridized carbons (Fsp3) is 0.130. The van der Waals surface area contributed by atoms with Crippen LogP contribution in [0.1, 0.15) is 10.4 Å². The number of benzene rings is 3. The minimum atomic E-state index is -0.841. The number of anilines is 1. The molecule has 0 saturated carbocycles. The van der Waals surface area contributed by atoms with Crippen molar-refractivity contribution in [2.24, 2.45) is 0 Å². The van der Waals surface area contributed by atoms with Gasteiger partial charge in [-0.15, -0.1) is 0 Å². The number of esters is 1. The molecule has 3 rings (SSSR count). The Labute approximate surface area is 170 Å². The maximum absolute atomic E-state index is 13.6. The molecule has 1 amide bonds. The Morgan fingerprint density at radius 1 is 0.893 bits per heavy atom. The molecular weight excluding hydrogens is 370 g/mol. The maximum Gasteiger partial charge on any atom is 0.329 e. The molecule has 0 heterocycles. The molecule has 0 aliphatic carbocycles. The molecule has 0 bridgehead atoms. The Balaban J connectivity index is 2.12. The lowest BCUT2D eigenvalue weighted by Gasteiger charge is -2.30. The average molecular weight is 391 g/mol. The van der Waals surface area contributed by atoms with E-state index in [0.717, 1.165) is 11.1 Å². The predicted octanol–water partition coefficient (Wildman–Crippen LogP) is 4.47. The van der Waals surface area contributed by atoms with E-state index in [0.29, 0.717) is 11.3 Å². The van der Waals surface area contributed by atoms with Gasteiger partial charge in [0.15, 0.2) is 0 Å². The zero-order valence-electron chi connectivity index (χ0n) is 15.5. The molecule has 0 aromatic heterocycles. The third kappa shape index (κ3) is 4.10. The molecule has 1 atom stereocenters. The third-order valence-electron chi connectivity index (χ3n) is 4.45. The molecular formula is C23H21NO3S. The highest BCUT2D eigenvalue weighted by atomic mass is 32.1. The van der Waals surface area contributed by atoms with Gasteiger partial charge >= 0.3 is 5.97 Å². The molecule has 0 spiro atoms. The number of carbonyl (C=O) groups excluding carboxylic acids is 2. The van der Waals surface area contributed by atoms with Crippen molar-refractivity contribution >= 4 is 30.2 Å². The summed E-state index contributed by atoms with van der Waals surface area (Å²) in [7, 11) is 1.31. The second-order valence-corrected chi connectivity index (χ2v) is 6.51. The first-order valence-electron chi connectivity index (χ1n) is 8.89. The van der Waals surface area contributed by atoms with E-state index < -0.39 is 12.0 Å². The number of nitrogens with zero attached hydrogens (tertiary/aromatic N) is 1. The molecule has 0 N–H and O–H groups in total. The van der Waals surface area contributed by atoms with Crippen molar-refractivity contribution in [1.29, 1.82) is 0 Å². The van der Waals surface area contributed by atoms with Gasteiger partial charge in [0.2, 0.25) is 0 Å². The lowest BCUT2D eigenvalue weighted by atomic mass is 9.98.